The van der Waals surface area contributed by atoms with Gasteiger partial charge in [0.1, 0.15) is 0 Å². The molecule has 90 valence electrons. The molecule has 6 heteroatoms. The minimum absolute atomic E-state index is 0.183. The van der Waals surface area contributed by atoms with Gasteiger partial charge in [0.15, 0.2) is 5.82 Å². The lowest BCUT2D eigenvalue weighted by atomic mass is 10.2. The number of nitrogens with one attached hydrogen (secondary N) is 1. The highest BCUT2D eigenvalue weighted by atomic mass is 32.2. The van der Waals surface area contributed by atoms with Gasteiger partial charge in [0.2, 0.25) is 5.89 Å². The summed E-state index contributed by atoms with van der Waals surface area (Å²) in [6, 6.07) is 0.183. The summed E-state index contributed by atoms with van der Waals surface area (Å²) in [4.78, 5) is 4.50. The van der Waals surface area contributed by atoms with Crippen molar-refractivity contribution in [3.05, 3.63) is 11.7 Å². The van der Waals surface area contributed by atoms with Crippen LogP contribution in [0.4, 0.5) is 0 Å². The van der Waals surface area contributed by atoms with Crippen LogP contribution in [-0.2, 0) is 0 Å². The number of aromatic nitrogens is 2. The van der Waals surface area contributed by atoms with Crippen LogP contribution in [0.5, 0.6) is 0 Å². The first-order valence-corrected chi connectivity index (χ1v) is 7.75. The molecule has 0 bridgehead atoms. The molecule has 0 amide bonds. The average molecular weight is 259 g/mol. The minimum Gasteiger partial charge on any atom is -0.338 e. The van der Waals surface area contributed by atoms with Gasteiger partial charge in [-0.1, -0.05) is 12.1 Å². The molecule has 1 fully saturated rings. The van der Waals surface area contributed by atoms with Crippen molar-refractivity contribution in [2.75, 3.05) is 24.3 Å². The molecule has 0 radical (unpaired) electrons. The van der Waals surface area contributed by atoms with Crippen molar-refractivity contribution in [1.82, 2.24) is 15.5 Å². The van der Waals surface area contributed by atoms with E-state index < -0.39 is 0 Å². The summed E-state index contributed by atoms with van der Waals surface area (Å²) in [7, 11) is 1.92. The fourth-order valence-corrected chi connectivity index (χ4v) is 4.25. The molecule has 0 spiro atoms. The van der Waals surface area contributed by atoms with Crippen LogP contribution < -0.4 is 5.32 Å². The van der Waals surface area contributed by atoms with Gasteiger partial charge >= 0.3 is 0 Å². The van der Waals surface area contributed by atoms with Crippen LogP contribution in [0.25, 0.3) is 0 Å². The van der Waals surface area contributed by atoms with E-state index in [9.17, 15) is 0 Å². The number of hydrogen-bond acceptors (Lipinski definition) is 6. The second-order valence-electron chi connectivity index (χ2n) is 3.67. The molecule has 2 rings (SSSR count). The molecule has 1 aromatic rings. The third-order valence-corrected chi connectivity index (χ3v) is 5.37. The van der Waals surface area contributed by atoms with Crippen molar-refractivity contribution < 1.29 is 4.52 Å². The van der Waals surface area contributed by atoms with E-state index in [1.54, 1.807) is 0 Å². The van der Waals surface area contributed by atoms with Crippen molar-refractivity contribution in [2.24, 2.45) is 0 Å². The zero-order valence-corrected chi connectivity index (χ0v) is 11.2. The lowest BCUT2D eigenvalue weighted by Crippen LogP contribution is -2.16. The van der Waals surface area contributed by atoms with Crippen LogP contribution in [0.2, 0.25) is 0 Å². The Kier molecular flexibility index (Phi) is 4.55. The second kappa shape index (κ2) is 5.93. The Morgan fingerprint density at radius 2 is 2.44 bits per heavy atom. The summed E-state index contributed by atoms with van der Waals surface area (Å²) in [5.41, 5.74) is 0. The van der Waals surface area contributed by atoms with Gasteiger partial charge in [-0.25, -0.2) is 0 Å². The number of hydrogen-bond donors (Lipinski definition) is 1. The Hall–Kier alpha value is -0.200. The van der Waals surface area contributed by atoms with Crippen LogP contribution in [-0.4, -0.2) is 34.4 Å². The first-order chi connectivity index (χ1) is 7.85. The van der Waals surface area contributed by atoms with Gasteiger partial charge < -0.3 is 9.84 Å². The van der Waals surface area contributed by atoms with E-state index in [-0.39, 0.29) is 6.04 Å². The smallest absolute Gasteiger partial charge is 0.243 e. The van der Waals surface area contributed by atoms with E-state index in [0.717, 1.165) is 23.9 Å². The van der Waals surface area contributed by atoms with E-state index in [1.165, 1.54) is 11.5 Å². The van der Waals surface area contributed by atoms with Gasteiger partial charge in [0, 0.05) is 17.3 Å². The van der Waals surface area contributed by atoms with Crippen molar-refractivity contribution in [3.63, 3.8) is 0 Å². The Morgan fingerprint density at radius 3 is 3.06 bits per heavy atom. The lowest BCUT2D eigenvalue weighted by Gasteiger charge is -2.17. The summed E-state index contributed by atoms with van der Waals surface area (Å²) in [5.74, 6) is 5.10. The maximum Gasteiger partial charge on any atom is 0.243 e. The molecule has 4 nitrogen and oxygen atoms in total. The van der Waals surface area contributed by atoms with Gasteiger partial charge in [0.25, 0.3) is 0 Å². The normalized spacial score (nSPS) is 23.2. The molecule has 0 aromatic carbocycles. The number of rotatable bonds is 4. The zero-order valence-electron chi connectivity index (χ0n) is 9.60. The Balaban J connectivity index is 2.05. The topological polar surface area (TPSA) is 51.0 Å². The minimum atomic E-state index is 0.183. The van der Waals surface area contributed by atoms with Crippen molar-refractivity contribution >= 4 is 23.5 Å². The van der Waals surface area contributed by atoms with Crippen LogP contribution in [0.3, 0.4) is 0 Å². The van der Waals surface area contributed by atoms with Gasteiger partial charge in [-0.05, 0) is 13.5 Å². The van der Waals surface area contributed by atoms with Crippen LogP contribution in [0.1, 0.15) is 36.4 Å². The third-order valence-electron chi connectivity index (χ3n) is 2.62. The molecule has 16 heavy (non-hydrogen) atoms. The van der Waals surface area contributed by atoms with E-state index in [0.29, 0.717) is 5.25 Å². The van der Waals surface area contributed by atoms with Gasteiger partial charge in [0.05, 0.1) is 11.3 Å². The molecule has 1 N–H and O–H groups in total. The van der Waals surface area contributed by atoms with E-state index in [1.807, 2.05) is 30.6 Å². The van der Waals surface area contributed by atoms with Gasteiger partial charge in [-0.3, -0.25) is 0 Å². The van der Waals surface area contributed by atoms with E-state index in [2.05, 4.69) is 22.4 Å². The molecule has 2 heterocycles. The van der Waals surface area contributed by atoms with Gasteiger partial charge in [-0.2, -0.15) is 16.7 Å². The SMILES string of the molecule is CCC(NC)c1nc(C2CSCCS2)no1. The highest BCUT2D eigenvalue weighted by Gasteiger charge is 2.23. The molecule has 0 saturated carbocycles. The quantitative estimate of drug-likeness (QED) is 0.895. The Bertz CT molecular complexity index is 322. The lowest BCUT2D eigenvalue weighted by molar-refractivity contribution is 0.331. The molecule has 2 unspecified atom stereocenters. The predicted octanol–water partition coefficient (Wildman–Crippen LogP) is 2.26. The van der Waals surface area contributed by atoms with Crippen molar-refractivity contribution in [2.45, 2.75) is 24.6 Å². The average Bonchev–Trinajstić information content (AvgIpc) is 2.81. The first kappa shape index (κ1) is 12.3. The van der Waals surface area contributed by atoms with Crippen LogP contribution >= 0.6 is 23.5 Å². The molecule has 0 aliphatic carbocycles. The molecule has 1 aromatic heterocycles. The highest BCUT2D eigenvalue weighted by Crippen LogP contribution is 2.35. The summed E-state index contributed by atoms with van der Waals surface area (Å²) in [6.45, 7) is 2.11. The molecular weight excluding hydrogens is 242 g/mol. The van der Waals surface area contributed by atoms with Crippen LogP contribution in [0, 0.1) is 0 Å². The molecule has 1 saturated heterocycles. The molecule has 2 atom stereocenters. The predicted molar refractivity (Wildman–Crippen MR) is 68.9 cm³/mol. The summed E-state index contributed by atoms with van der Waals surface area (Å²) in [5, 5.41) is 7.68. The first-order valence-electron chi connectivity index (χ1n) is 5.55. The fraction of sp³-hybridized carbons (Fsp3) is 0.800. The summed E-state index contributed by atoms with van der Waals surface area (Å²) in [6.07, 6.45) is 0.963. The molecular formula is C10H17N3OS2. The number of nitrogens with zero attached hydrogens (tertiary/aromatic N) is 2. The number of thioether (sulfide) groups is 2. The molecule has 1 aliphatic heterocycles. The zero-order chi connectivity index (χ0) is 11.4. The fourth-order valence-electron chi connectivity index (χ4n) is 1.66. The Labute approximate surface area is 104 Å². The highest BCUT2D eigenvalue weighted by molar-refractivity contribution is 8.06. The maximum absolute atomic E-state index is 5.32. The standard InChI is InChI=1S/C10H17N3OS2/c1-3-7(11-2)10-12-9(13-14-10)8-6-15-4-5-16-8/h7-8,11H,3-6H2,1-2H3. The van der Waals surface area contributed by atoms with E-state index >= 15 is 0 Å². The largest absolute Gasteiger partial charge is 0.338 e. The Morgan fingerprint density at radius 1 is 1.56 bits per heavy atom. The van der Waals surface area contributed by atoms with Crippen molar-refractivity contribution in [3.8, 4) is 0 Å². The monoisotopic (exact) mass is 259 g/mol. The molecule has 1 aliphatic rings. The summed E-state index contributed by atoms with van der Waals surface area (Å²) >= 11 is 3.90. The van der Waals surface area contributed by atoms with E-state index in [4.69, 9.17) is 4.52 Å². The second-order valence-corrected chi connectivity index (χ2v) is 6.14. The third kappa shape index (κ3) is 2.73. The maximum atomic E-state index is 5.32. The van der Waals surface area contributed by atoms with Crippen LogP contribution in [0.15, 0.2) is 4.52 Å². The summed E-state index contributed by atoms with van der Waals surface area (Å²) < 4.78 is 5.32. The van der Waals surface area contributed by atoms with Crippen molar-refractivity contribution in [1.29, 1.82) is 0 Å². The van der Waals surface area contributed by atoms with Gasteiger partial charge in [-0.15, -0.1) is 11.8 Å².